The SMILES string of the molecule is COc1ccc(CN2NC3(CCN(CCC(N)c4ccccc4)CC3)CC2=O)cc1. The van der Waals surface area contributed by atoms with Gasteiger partial charge in [0.2, 0.25) is 5.91 Å². The summed E-state index contributed by atoms with van der Waals surface area (Å²) in [6.45, 7) is 3.58. The smallest absolute Gasteiger partial charge is 0.238 e. The lowest BCUT2D eigenvalue weighted by Crippen LogP contribution is -2.53. The van der Waals surface area contributed by atoms with Crippen molar-refractivity contribution in [2.45, 2.75) is 43.8 Å². The summed E-state index contributed by atoms with van der Waals surface area (Å²) in [5, 5.41) is 1.79. The number of amides is 1. The molecule has 0 radical (unpaired) electrons. The lowest BCUT2D eigenvalue weighted by molar-refractivity contribution is -0.130. The first-order valence-corrected chi connectivity index (χ1v) is 10.8. The van der Waals surface area contributed by atoms with Gasteiger partial charge in [-0.3, -0.25) is 9.80 Å². The van der Waals surface area contributed by atoms with E-state index in [0.29, 0.717) is 13.0 Å². The fraction of sp³-hybridized carbons (Fsp3) is 0.458. The summed E-state index contributed by atoms with van der Waals surface area (Å²) in [7, 11) is 1.66. The molecule has 2 aromatic carbocycles. The molecule has 30 heavy (non-hydrogen) atoms. The summed E-state index contributed by atoms with van der Waals surface area (Å²) >= 11 is 0. The van der Waals surface area contributed by atoms with Crippen molar-refractivity contribution in [1.82, 2.24) is 15.3 Å². The highest BCUT2D eigenvalue weighted by molar-refractivity contribution is 5.79. The largest absolute Gasteiger partial charge is 0.497 e. The summed E-state index contributed by atoms with van der Waals surface area (Å²) in [6, 6.07) is 18.3. The minimum atomic E-state index is -0.0956. The summed E-state index contributed by atoms with van der Waals surface area (Å²) in [5.74, 6) is 1.01. The number of nitrogens with two attached hydrogens (primary N) is 1. The van der Waals surface area contributed by atoms with Gasteiger partial charge in [0.05, 0.1) is 13.7 Å². The number of hydrazine groups is 1. The first kappa shape index (κ1) is 20.8. The van der Waals surface area contributed by atoms with E-state index in [1.165, 1.54) is 5.56 Å². The number of carbonyl (C=O) groups is 1. The highest BCUT2D eigenvalue weighted by Gasteiger charge is 2.44. The van der Waals surface area contributed by atoms with Crippen LogP contribution in [0.3, 0.4) is 0 Å². The molecule has 2 aliphatic heterocycles. The zero-order valence-corrected chi connectivity index (χ0v) is 17.7. The van der Waals surface area contributed by atoms with Gasteiger partial charge in [0.1, 0.15) is 5.75 Å². The monoisotopic (exact) mass is 408 g/mol. The van der Waals surface area contributed by atoms with Gasteiger partial charge < -0.3 is 15.4 Å². The Labute approximate surface area is 179 Å². The van der Waals surface area contributed by atoms with E-state index in [2.05, 4.69) is 22.5 Å². The van der Waals surface area contributed by atoms with Crippen LogP contribution in [0.2, 0.25) is 0 Å². The lowest BCUT2D eigenvalue weighted by atomic mass is 9.86. The van der Waals surface area contributed by atoms with Crippen LogP contribution in [-0.4, -0.2) is 48.1 Å². The van der Waals surface area contributed by atoms with E-state index < -0.39 is 0 Å². The number of nitrogens with one attached hydrogen (secondary N) is 1. The number of rotatable bonds is 7. The molecule has 6 nitrogen and oxygen atoms in total. The third-order valence-corrected chi connectivity index (χ3v) is 6.46. The zero-order valence-electron chi connectivity index (χ0n) is 17.7. The van der Waals surface area contributed by atoms with Crippen LogP contribution < -0.4 is 15.9 Å². The molecule has 1 atom stereocenters. The summed E-state index contributed by atoms with van der Waals surface area (Å²) in [5.41, 5.74) is 12.1. The van der Waals surface area contributed by atoms with Crippen molar-refractivity contribution >= 4 is 5.91 Å². The lowest BCUT2D eigenvalue weighted by Gasteiger charge is -2.39. The fourth-order valence-corrected chi connectivity index (χ4v) is 4.50. The van der Waals surface area contributed by atoms with Crippen molar-refractivity contribution in [2.75, 3.05) is 26.7 Å². The van der Waals surface area contributed by atoms with Crippen LogP contribution in [0.5, 0.6) is 5.75 Å². The van der Waals surface area contributed by atoms with Crippen LogP contribution >= 0.6 is 0 Å². The van der Waals surface area contributed by atoms with E-state index in [1.54, 1.807) is 12.1 Å². The van der Waals surface area contributed by atoms with Gasteiger partial charge in [-0.25, -0.2) is 5.43 Å². The summed E-state index contributed by atoms with van der Waals surface area (Å²) in [4.78, 5) is 15.1. The molecule has 160 valence electrons. The van der Waals surface area contributed by atoms with Crippen LogP contribution in [-0.2, 0) is 11.3 Å². The topological polar surface area (TPSA) is 70.8 Å². The minimum absolute atomic E-state index is 0.0771. The quantitative estimate of drug-likeness (QED) is 0.737. The molecule has 0 saturated carbocycles. The average molecular weight is 409 g/mol. The van der Waals surface area contributed by atoms with E-state index in [-0.39, 0.29) is 17.5 Å². The second-order valence-electron chi connectivity index (χ2n) is 8.54. The van der Waals surface area contributed by atoms with Gasteiger partial charge in [-0.1, -0.05) is 42.5 Å². The molecule has 1 unspecified atom stereocenters. The standard InChI is InChI=1S/C24H32N4O2/c1-30-21-9-7-19(8-10-21)18-28-23(29)17-24(26-28)12-15-27(16-13-24)14-11-22(25)20-5-3-2-4-6-20/h2-10,22,26H,11-18,25H2,1H3. The molecule has 2 heterocycles. The molecule has 2 aromatic rings. The van der Waals surface area contributed by atoms with E-state index in [9.17, 15) is 4.79 Å². The maximum Gasteiger partial charge on any atom is 0.238 e. The number of hydrogen-bond donors (Lipinski definition) is 2. The number of nitrogens with zero attached hydrogens (tertiary/aromatic N) is 2. The molecule has 2 aliphatic rings. The number of carbonyl (C=O) groups excluding carboxylic acids is 1. The van der Waals surface area contributed by atoms with E-state index in [0.717, 1.165) is 50.2 Å². The molecule has 0 bridgehead atoms. The third kappa shape index (κ3) is 4.83. The summed E-state index contributed by atoms with van der Waals surface area (Å²) in [6.07, 6.45) is 3.50. The van der Waals surface area contributed by atoms with E-state index >= 15 is 0 Å². The van der Waals surface area contributed by atoms with Gasteiger partial charge in [0.25, 0.3) is 0 Å². The molecular formula is C24H32N4O2. The van der Waals surface area contributed by atoms with Gasteiger partial charge in [-0.2, -0.15) is 0 Å². The first-order valence-electron chi connectivity index (χ1n) is 10.8. The minimum Gasteiger partial charge on any atom is -0.497 e. The molecule has 3 N–H and O–H groups in total. The van der Waals surface area contributed by atoms with Crippen LogP contribution in [0.25, 0.3) is 0 Å². The van der Waals surface area contributed by atoms with Crippen molar-refractivity contribution in [3.63, 3.8) is 0 Å². The van der Waals surface area contributed by atoms with Crippen LogP contribution in [0.1, 0.15) is 42.9 Å². The number of benzene rings is 2. The Morgan fingerprint density at radius 3 is 2.47 bits per heavy atom. The van der Waals surface area contributed by atoms with Gasteiger partial charge in [0, 0.05) is 18.0 Å². The predicted octanol–water partition coefficient (Wildman–Crippen LogP) is 2.86. The first-order chi connectivity index (χ1) is 14.6. The second-order valence-corrected chi connectivity index (χ2v) is 8.54. The number of methoxy groups -OCH3 is 1. The van der Waals surface area contributed by atoms with Crippen molar-refractivity contribution in [3.05, 3.63) is 65.7 Å². The van der Waals surface area contributed by atoms with E-state index in [1.807, 2.05) is 42.5 Å². The van der Waals surface area contributed by atoms with Crippen molar-refractivity contribution in [3.8, 4) is 5.75 Å². The van der Waals surface area contributed by atoms with Crippen molar-refractivity contribution in [1.29, 1.82) is 0 Å². The van der Waals surface area contributed by atoms with Crippen molar-refractivity contribution < 1.29 is 9.53 Å². The second kappa shape index (κ2) is 9.16. The Morgan fingerprint density at radius 2 is 1.80 bits per heavy atom. The molecule has 0 aromatic heterocycles. The Morgan fingerprint density at radius 1 is 1.10 bits per heavy atom. The van der Waals surface area contributed by atoms with E-state index in [4.69, 9.17) is 10.5 Å². The predicted molar refractivity (Wildman–Crippen MR) is 118 cm³/mol. The third-order valence-electron chi connectivity index (χ3n) is 6.46. The Kier molecular flexibility index (Phi) is 6.37. The van der Waals surface area contributed by atoms with Gasteiger partial charge in [-0.15, -0.1) is 0 Å². The molecule has 1 amide bonds. The maximum absolute atomic E-state index is 12.6. The molecule has 4 rings (SSSR count). The number of ether oxygens (including phenoxy) is 1. The normalized spacial score (nSPS) is 19.9. The maximum atomic E-state index is 12.6. The Bertz CT molecular complexity index is 832. The van der Waals surface area contributed by atoms with Crippen molar-refractivity contribution in [2.24, 2.45) is 5.73 Å². The van der Waals surface area contributed by atoms with Crippen LogP contribution in [0, 0.1) is 0 Å². The number of likely N-dealkylation sites (tertiary alicyclic amines) is 1. The molecule has 6 heteroatoms. The summed E-state index contributed by atoms with van der Waals surface area (Å²) < 4.78 is 5.21. The highest BCUT2D eigenvalue weighted by Crippen LogP contribution is 2.32. The van der Waals surface area contributed by atoms with Gasteiger partial charge >= 0.3 is 0 Å². The van der Waals surface area contributed by atoms with Crippen LogP contribution in [0.15, 0.2) is 54.6 Å². The number of piperidine rings is 1. The highest BCUT2D eigenvalue weighted by atomic mass is 16.5. The zero-order chi connectivity index (χ0) is 21.0. The molecule has 0 aliphatic carbocycles. The molecule has 2 fully saturated rings. The number of hydrogen-bond acceptors (Lipinski definition) is 5. The van der Waals surface area contributed by atoms with Gasteiger partial charge in [0.15, 0.2) is 0 Å². The molecule has 2 saturated heterocycles. The average Bonchev–Trinajstić information content (AvgIpc) is 3.08. The molecule has 1 spiro atoms. The van der Waals surface area contributed by atoms with Crippen LogP contribution in [0.4, 0.5) is 0 Å². The Hall–Kier alpha value is -2.41. The molecular weight excluding hydrogens is 376 g/mol. The fourth-order valence-electron chi connectivity index (χ4n) is 4.50. The Balaban J connectivity index is 1.26. The van der Waals surface area contributed by atoms with Gasteiger partial charge in [-0.05, 0) is 62.2 Å².